The lowest BCUT2D eigenvalue weighted by Crippen LogP contribution is -2.46. The minimum atomic E-state index is -1.11. The van der Waals surface area contributed by atoms with Crippen LogP contribution in [0.3, 0.4) is 0 Å². The second-order valence-corrected chi connectivity index (χ2v) is 6.96. The van der Waals surface area contributed by atoms with Crippen LogP contribution >= 0.6 is 11.3 Å². The fourth-order valence-corrected chi connectivity index (χ4v) is 4.21. The molecule has 3 rings (SSSR count). The summed E-state index contributed by atoms with van der Waals surface area (Å²) in [6.07, 6.45) is -1.93. The van der Waals surface area contributed by atoms with Crippen LogP contribution in [0, 0.1) is 0 Å². The number of ether oxygens (including phenoxy) is 1. The van der Waals surface area contributed by atoms with Gasteiger partial charge < -0.3 is 20.7 Å². The fraction of sp³-hybridized carbons (Fsp3) is 0.438. The van der Waals surface area contributed by atoms with Crippen LogP contribution in [0.1, 0.15) is 30.4 Å². The largest absolute Gasteiger partial charge is 0.481 e. The van der Waals surface area contributed by atoms with Gasteiger partial charge in [0.1, 0.15) is 11.1 Å². The van der Waals surface area contributed by atoms with Gasteiger partial charge >= 0.3 is 12.1 Å². The molecule has 1 saturated heterocycles. The molecule has 1 aliphatic rings. The normalized spacial score (nSPS) is 20.4. The highest BCUT2D eigenvalue weighted by Crippen LogP contribution is 2.35. The van der Waals surface area contributed by atoms with Crippen LogP contribution in [0.2, 0.25) is 0 Å². The van der Waals surface area contributed by atoms with Gasteiger partial charge in [0.05, 0.1) is 16.6 Å². The molecule has 4 N–H and O–H groups in total. The lowest BCUT2D eigenvalue weighted by atomic mass is 10.1. The molecule has 9 heteroatoms. The van der Waals surface area contributed by atoms with Crippen LogP contribution < -0.4 is 5.73 Å². The van der Waals surface area contributed by atoms with E-state index in [4.69, 9.17) is 15.6 Å². The minimum Gasteiger partial charge on any atom is -0.481 e. The summed E-state index contributed by atoms with van der Waals surface area (Å²) in [7, 11) is 0. The molecule has 0 radical (unpaired) electrons. The topological polar surface area (TPSA) is 126 Å². The van der Waals surface area contributed by atoms with Crippen molar-refractivity contribution in [1.29, 1.82) is 0 Å². The van der Waals surface area contributed by atoms with E-state index in [-0.39, 0.29) is 6.04 Å². The molecule has 2 aromatic rings. The number of rotatable bonds is 6. The number of carbonyl (C=O) groups is 2. The molecule has 1 aliphatic heterocycles. The van der Waals surface area contributed by atoms with Gasteiger partial charge in [-0.2, -0.15) is 0 Å². The first-order chi connectivity index (χ1) is 12.0. The average molecular weight is 365 g/mol. The molecule has 8 nitrogen and oxygen atoms in total. The molecule has 0 saturated carbocycles. The van der Waals surface area contributed by atoms with E-state index in [2.05, 4.69) is 4.98 Å². The van der Waals surface area contributed by atoms with Crippen molar-refractivity contribution in [1.82, 2.24) is 9.88 Å². The highest BCUT2D eigenvalue weighted by Gasteiger charge is 2.39. The van der Waals surface area contributed by atoms with E-state index < -0.39 is 30.8 Å². The van der Waals surface area contributed by atoms with E-state index >= 15 is 0 Å². The summed E-state index contributed by atoms with van der Waals surface area (Å²) >= 11 is 1.40. The minimum absolute atomic E-state index is 0.385. The maximum Gasteiger partial charge on any atom is 0.406 e. The molecular weight excluding hydrogens is 346 g/mol. The first-order valence-electron chi connectivity index (χ1n) is 7.93. The number of carboxylic acids is 1. The number of aliphatic hydroxyl groups excluding tert-OH is 1. The van der Waals surface area contributed by atoms with Crippen molar-refractivity contribution in [2.75, 3.05) is 6.54 Å². The number of carbonyl (C=O) groups excluding carboxylic acids is 1. The van der Waals surface area contributed by atoms with Crippen LogP contribution in [0.15, 0.2) is 24.3 Å². The molecule has 0 bridgehead atoms. The molecular formula is C16H19N3O5S. The zero-order valence-electron chi connectivity index (χ0n) is 13.4. The maximum absolute atomic E-state index is 11.1. The number of nitrogens with two attached hydrogens (primary N) is 1. The van der Waals surface area contributed by atoms with Gasteiger partial charge in [0.2, 0.25) is 0 Å². The standard InChI is InChI=1S/C16H19N3O5S/c17-16(23)24-12(8-13(20)21)19-7-3-5-10(19)14(22)15-18-9-4-1-2-6-11(9)25-15/h1-2,4,6,10,12,14,22H,3,5,7-8H2,(H2,17,23)(H,20,21)/t10-,12-,14+/m0/s1. The van der Waals surface area contributed by atoms with E-state index in [1.807, 2.05) is 24.3 Å². The third kappa shape index (κ3) is 3.89. The van der Waals surface area contributed by atoms with Gasteiger partial charge in [-0.3, -0.25) is 9.69 Å². The zero-order valence-corrected chi connectivity index (χ0v) is 14.2. The zero-order chi connectivity index (χ0) is 18.0. The Morgan fingerprint density at radius 2 is 2.20 bits per heavy atom. The number of hydrogen-bond donors (Lipinski definition) is 3. The number of nitrogens with zero attached hydrogens (tertiary/aromatic N) is 2. The van der Waals surface area contributed by atoms with Crippen LogP contribution in [-0.4, -0.2) is 51.0 Å². The average Bonchev–Trinajstić information content (AvgIpc) is 3.19. The van der Waals surface area contributed by atoms with Crippen molar-refractivity contribution in [3.63, 3.8) is 0 Å². The monoisotopic (exact) mass is 365 g/mol. The van der Waals surface area contributed by atoms with Crippen LogP contribution in [0.25, 0.3) is 10.2 Å². The number of aliphatic hydroxyl groups is 1. The Bertz CT molecular complexity index is 731. The maximum atomic E-state index is 11.1. The second kappa shape index (κ2) is 7.34. The van der Waals surface area contributed by atoms with Gasteiger partial charge in [-0.25, -0.2) is 9.78 Å². The summed E-state index contributed by atoms with van der Waals surface area (Å²) in [5, 5.41) is 20.4. The Labute approximate surface area is 147 Å². The van der Waals surface area contributed by atoms with Gasteiger partial charge in [-0.05, 0) is 25.0 Å². The Hall–Kier alpha value is -2.23. The van der Waals surface area contributed by atoms with Crippen molar-refractivity contribution in [2.45, 2.75) is 37.6 Å². The predicted octanol–water partition coefficient (Wildman–Crippen LogP) is 1.69. The van der Waals surface area contributed by atoms with Crippen molar-refractivity contribution < 1.29 is 24.5 Å². The number of carboxylic acid groups (broad SMARTS) is 1. The van der Waals surface area contributed by atoms with Crippen LogP contribution in [-0.2, 0) is 9.53 Å². The highest BCUT2D eigenvalue weighted by molar-refractivity contribution is 7.18. The Balaban J connectivity index is 1.83. The number of thiazole rings is 1. The Morgan fingerprint density at radius 1 is 1.44 bits per heavy atom. The summed E-state index contributed by atoms with van der Waals surface area (Å²) in [6.45, 7) is 0.512. The first kappa shape index (κ1) is 17.6. The summed E-state index contributed by atoms with van der Waals surface area (Å²) in [6, 6.07) is 7.20. The van der Waals surface area contributed by atoms with Crippen molar-refractivity contribution >= 4 is 33.6 Å². The molecule has 0 unspecified atom stereocenters. The first-order valence-corrected chi connectivity index (χ1v) is 8.74. The molecule has 2 heterocycles. The van der Waals surface area contributed by atoms with E-state index in [9.17, 15) is 14.7 Å². The molecule has 134 valence electrons. The Kier molecular flexibility index (Phi) is 5.16. The summed E-state index contributed by atoms with van der Waals surface area (Å²) in [4.78, 5) is 28.4. The summed E-state index contributed by atoms with van der Waals surface area (Å²) in [5.41, 5.74) is 5.87. The third-order valence-electron chi connectivity index (χ3n) is 4.24. The number of fused-ring (bicyclic) bond motifs is 1. The molecule has 0 spiro atoms. The van der Waals surface area contributed by atoms with Crippen molar-refractivity contribution in [3.05, 3.63) is 29.3 Å². The molecule has 25 heavy (non-hydrogen) atoms. The van der Waals surface area contributed by atoms with E-state index in [1.54, 1.807) is 4.90 Å². The van der Waals surface area contributed by atoms with Crippen LogP contribution in [0.4, 0.5) is 4.79 Å². The van der Waals surface area contributed by atoms with E-state index in [0.717, 1.165) is 16.6 Å². The molecule has 0 aliphatic carbocycles. The van der Waals surface area contributed by atoms with Gasteiger partial charge in [0.15, 0.2) is 6.23 Å². The Morgan fingerprint density at radius 3 is 2.88 bits per heavy atom. The number of hydrogen-bond acceptors (Lipinski definition) is 7. The van der Waals surface area contributed by atoms with Crippen molar-refractivity contribution in [3.8, 4) is 0 Å². The van der Waals surface area contributed by atoms with Gasteiger partial charge in [0, 0.05) is 12.6 Å². The lowest BCUT2D eigenvalue weighted by molar-refractivity contribution is -0.143. The number of aromatic nitrogens is 1. The lowest BCUT2D eigenvalue weighted by Gasteiger charge is -2.33. The molecule has 1 aromatic heterocycles. The summed E-state index contributed by atoms with van der Waals surface area (Å²) in [5.74, 6) is -1.11. The third-order valence-corrected chi connectivity index (χ3v) is 5.35. The number of aliphatic carboxylic acids is 1. The second-order valence-electron chi connectivity index (χ2n) is 5.90. The number of likely N-dealkylation sites (tertiary alicyclic amines) is 1. The number of para-hydroxylation sites is 1. The number of amides is 1. The molecule has 1 fully saturated rings. The SMILES string of the molecule is NC(=O)O[C@@H](CC(=O)O)N1CCC[C@H]1[C@@H](O)c1nc2ccccc2s1. The summed E-state index contributed by atoms with van der Waals surface area (Å²) < 4.78 is 5.95. The predicted molar refractivity (Wildman–Crippen MR) is 91.0 cm³/mol. The highest BCUT2D eigenvalue weighted by atomic mass is 32.1. The molecule has 3 atom stereocenters. The van der Waals surface area contributed by atoms with Gasteiger partial charge in [-0.15, -0.1) is 11.3 Å². The van der Waals surface area contributed by atoms with Gasteiger partial charge in [0.25, 0.3) is 0 Å². The van der Waals surface area contributed by atoms with Crippen molar-refractivity contribution in [2.24, 2.45) is 5.73 Å². The molecule has 1 aromatic carbocycles. The van der Waals surface area contributed by atoms with E-state index in [1.165, 1.54) is 11.3 Å². The number of benzene rings is 1. The van der Waals surface area contributed by atoms with Crippen LogP contribution in [0.5, 0.6) is 0 Å². The fourth-order valence-electron chi connectivity index (χ4n) is 3.20. The number of primary amides is 1. The van der Waals surface area contributed by atoms with Gasteiger partial charge in [-0.1, -0.05) is 12.1 Å². The van der Waals surface area contributed by atoms with E-state index in [0.29, 0.717) is 18.0 Å². The quantitative estimate of drug-likeness (QED) is 0.711. The smallest absolute Gasteiger partial charge is 0.406 e. The molecule has 1 amide bonds.